The Kier molecular flexibility index (Phi) is 8.04. The van der Waals surface area contributed by atoms with Crippen LogP contribution in [0.15, 0.2) is 70.2 Å². The fourth-order valence-electron chi connectivity index (χ4n) is 2.80. The first kappa shape index (κ1) is 23.8. The number of esters is 1. The van der Waals surface area contributed by atoms with Crippen molar-refractivity contribution in [2.75, 3.05) is 21.3 Å². The van der Waals surface area contributed by atoms with E-state index in [4.69, 9.17) is 18.9 Å². The molecule has 3 aromatic rings. The van der Waals surface area contributed by atoms with Crippen LogP contribution in [-0.2, 0) is 0 Å². The van der Waals surface area contributed by atoms with Crippen LogP contribution in [0.4, 0.5) is 0 Å². The van der Waals surface area contributed by atoms with Gasteiger partial charge in [-0.2, -0.15) is 5.10 Å². The molecule has 170 valence electrons. The molecule has 0 spiro atoms. The number of methoxy groups -OCH3 is 3. The minimum atomic E-state index is -0.538. The second kappa shape index (κ2) is 11.1. The Labute approximate surface area is 199 Å². The summed E-state index contributed by atoms with van der Waals surface area (Å²) in [6.45, 7) is 0. The SMILES string of the molecule is COc1ccc(C(=O)Oc2ccc(Br)cc2C=NNC(=O)c2ccc(OC)c(OC)c2)cc1. The van der Waals surface area contributed by atoms with Crippen molar-refractivity contribution < 1.29 is 28.5 Å². The molecule has 0 aromatic heterocycles. The highest BCUT2D eigenvalue weighted by molar-refractivity contribution is 9.10. The second-order valence-electron chi connectivity index (χ2n) is 6.57. The van der Waals surface area contributed by atoms with Gasteiger partial charge in [0.1, 0.15) is 11.5 Å². The van der Waals surface area contributed by atoms with E-state index in [0.717, 1.165) is 4.47 Å². The molecule has 0 radical (unpaired) electrons. The van der Waals surface area contributed by atoms with E-state index in [1.54, 1.807) is 67.8 Å². The molecule has 0 aliphatic carbocycles. The Hall–Kier alpha value is -3.85. The smallest absolute Gasteiger partial charge is 0.343 e. The third-order valence-electron chi connectivity index (χ3n) is 4.52. The number of halogens is 1. The number of rotatable bonds is 8. The highest BCUT2D eigenvalue weighted by Crippen LogP contribution is 2.27. The summed E-state index contributed by atoms with van der Waals surface area (Å²) >= 11 is 3.38. The zero-order chi connectivity index (χ0) is 23.8. The molecule has 0 saturated carbocycles. The van der Waals surface area contributed by atoms with Gasteiger partial charge in [-0.05, 0) is 60.7 Å². The zero-order valence-corrected chi connectivity index (χ0v) is 19.7. The number of carbonyl (C=O) groups excluding carboxylic acids is 2. The van der Waals surface area contributed by atoms with Crippen LogP contribution in [0.1, 0.15) is 26.3 Å². The molecule has 1 N–H and O–H groups in total. The van der Waals surface area contributed by atoms with Crippen LogP contribution < -0.4 is 24.4 Å². The Bertz CT molecular complexity index is 1180. The van der Waals surface area contributed by atoms with Gasteiger partial charge in [0.15, 0.2) is 11.5 Å². The van der Waals surface area contributed by atoms with Crippen LogP contribution >= 0.6 is 15.9 Å². The van der Waals surface area contributed by atoms with Crippen LogP contribution in [-0.4, -0.2) is 39.4 Å². The fourth-order valence-corrected chi connectivity index (χ4v) is 3.18. The van der Waals surface area contributed by atoms with E-state index in [1.165, 1.54) is 20.4 Å². The standard InChI is InChI=1S/C24H21BrN2O6/c1-30-19-8-4-15(5-9-19)24(29)33-20-11-7-18(25)12-17(20)14-26-27-23(28)16-6-10-21(31-2)22(13-16)32-3/h4-14H,1-3H3,(H,27,28). The van der Waals surface area contributed by atoms with Gasteiger partial charge in [0.2, 0.25) is 0 Å². The Balaban J connectivity index is 1.73. The lowest BCUT2D eigenvalue weighted by atomic mass is 10.2. The second-order valence-corrected chi connectivity index (χ2v) is 7.48. The first-order valence-electron chi connectivity index (χ1n) is 9.66. The van der Waals surface area contributed by atoms with Gasteiger partial charge in [-0.25, -0.2) is 10.2 Å². The van der Waals surface area contributed by atoms with Crippen LogP contribution in [0, 0.1) is 0 Å². The topological polar surface area (TPSA) is 95.5 Å². The van der Waals surface area contributed by atoms with Gasteiger partial charge < -0.3 is 18.9 Å². The molecule has 0 atom stereocenters. The summed E-state index contributed by atoms with van der Waals surface area (Å²) in [7, 11) is 4.54. The molecule has 0 unspecified atom stereocenters. The normalized spacial score (nSPS) is 10.5. The number of carbonyl (C=O) groups is 2. The molecule has 1 amide bonds. The maximum absolute atomic E-state index is 12.5. The van der Waals surface area contributed by atoms with E-state index in [2.05, 4.69) is 26.5 Å². The van der Waals surface area contributed by atoms with E-state index in [-0.39, 0.29) is 5.75 Å². The molecule has 9 heteroatoms. The van der Waals surface area contributed by atoms with Crippen molar-refractivity contribution in [1.29, 1.82) is 0 Å². The third kappa shape index (κ3) is 6.11. The van der Waals surface area contributed by atoms with Crippen LogP contribution in [0.25, 0.3) is 0 Å². The first-order chi connectivity index (χ1) is 15.9. The van der Waals surface area contributed by atoms with Crippen molar-refractivity contribution in [2.24, 2.45) is 5.10 Å². The molecule has 0 aliphatic heterocycles. The van der Waals surface area contributed by atoms with Gasteiger partial charge >= 0.3 is 5.97 Å². The van der Waals surface area contributed by atoms with Crippen molar-refractivity contribution in [3.63, 3.8) is 0 Å². The number of hydrogen-bond acceptors (Lipinski definition) is 7. The number of benzene rings is 3. The largest absolute Gasteiger partial charge is 0.497 e. The Morgan fingerprint density at radius 2 is 1.48 bits per heavy atom. The number of nitrogens with zero attached hydrogens (tertiary/aromatic N) is 1. The van der Waals surface area contributed by atoms with Crippen molar-refractivity contribution in [3.05, 3.63) is 81.8 Å². The van der Waals surface area contributed by atoms with Crippen molar-refractivity contribution in [3.8, 4) is 23.0 Å². The number of hydrazone groups is 1. The molecule has 0 fully saturated rings. The Morgan fingerprint density at radius 1 is 0.818 bits per heavy atom. The van der Waals surface area contributed by atoms with Gasteiger partial charge in [-0.1, -0.05) is 15.9 Å². The summed E-state index contributed by atoms with van der Waals surface area (Å²) in [5.41, 5.74) is 3.63. The van der Waals surface area contributed by atoms with Gasteiger partial charge in [0, 0.05) is 15.6 Å². The predicted molar refractivity (Wildman–Crippen MR) is 127 cm³/mol. The van der Waals surface area contributed by atoms with Crippen molar-refractivity contribution in [1.82, 2.24) is 5.43 Å². The number of amides is 1. The molecule has 33 heavy (non-hydrogen) atoms. The van der Waals surface area contributed by atoms with Crippen LogP contribution in [0.3, 0.4) is 0 Å². The van der Waals surface area contributed by atoms with Crippen LogP contribution in [0.2, 0.25) is 0 Å². The Morgan fingerprint density at radius 3 is 2.15 bits per heavy atom. The number of nitrogens with one attached hydrogen (secondary N) is 1. The van der Waals surface area contributed by atoms with Gasteiger partial charge in [0.25, 0.3) is 5.91 Å². The van der Waals surface area contributed by atoms with Crippen molar-refractivity contribution in [2.45, 2.75) is 0 Å². The average Bonchev–Trinajstić information content (AvgIpc) is 2.84. The molecular formula is C24H21BrN2O6. The van der Waals surface area contributed by atoms with E-state index in [0.29, 0.717) is 33.9 Å². The van der Waals surface area contributed by atoms with E-state index in [9.17, 15) is 9.59 Å². The monoisotopic (exact) mass is 512 g/mol. The average molecular weight is 513 g/mol. The summed E-state index contributed by atoms with van der Waals surface area (Å²) < 4.78 is 21.8. The summed E-state index contributed by atoms with van der Waals surface area (Å²) in [6.07, 6.45) is 1.39. The highest BCUT2D eigenvalue weighted by atomic mass is 79.9. The van der Waals surface area contributed by atoms with Crippen LogP contribution in [0.5, 0.6) is 23.0 Å². The quantitative estimate of drug-likeness (QED) is 0.207. The molecule has 0 saturated heterocycles. The van der Waals surface area contributed by atoms with E-state index < -0.39 is 11.9 Å². The molecule has 3 rings (SSSR count). The molecule has 8 nitrogen and oxygen atoms in total. The summed E-state index contributed by atoms with van der Waals surface area (Å²) in [6, 6.07) is 16.4. The lowest BCUT2D eigenvalue weighted by Crippen LogP contribution is -2.18. The molecular weight excluding hydrogens is 492 g/mol. The number of hydrogen-bond donors (Lipinski definition) is 1. The molecule has 0 heterocycles. The minimum absolute atomic E-state index is 0.281. The minimum Gasteiger partial charge on any atom is -0.497 e. The molecule has 3 aromatic carbocycles. The zero-order valence-electron chi connectivity index (χ0n) is 18.1. The van der Waals surface area contributed by atoms with Crippen molar-refractivity contribution >= 4 is 34.0 Å². The lowest BCUT2D eigenvalue weighted by Gasteiger charge is -2.09. The lowest BCUT2D eigenvalue weighted by molar-refractivity contribution is 0.0734. The third-order valence-corrected chi connectivity index (χ3v) is 5.01. The summed E-state index contributed by atoms with van der Waals surface area (Å²) in [5, 5.41) is 4.00. The summed E-state index contributed by atoms with van der Waals surface area (Å²) in [5.74, 6) is 0.864. The maximum atomic E-state index is 12.5. The number of ether oxygens (including phenoxy) is 4. The molecule has 0 aliphatic rings. The van der Waals surface area contributed by atoms with Gasteiger partial charge in [0.05, 0.1) is 33.1 Å². The summed E-state index contributed by atoms with van der Waals surface area (Å²) in [4.78, 5) is 25.0. The van der Waals surface area contributed by atoms with E-state index in [1.807, 2.05) is 0 Å². The van der Waals surface area contributed by atoms with Gasteiger partial charge in [-0.15, -0.1) is 0 Å². The van der Waals surface area contributed by atoms with Gasteiger partial charge in [-0.3, -0.25) is 4.79 Å². The highest BCUT2D eigenvalue weighted by Gasteiger charge is 2.13. The van der Waals surface area contributed by atoms with E-state index >= 15 is 0 Å². The molecule has 0 bridgehead atoms. The fraction of sp³-hybridized carbons (Fsp3) is 0.125. The first-order valence-corrected chi connectivity index (χ1v) is 10.5. The predicted octanol–water partition coefficient (Wildman–Crippen LogP) is 4.46. The maximum Gasteiger partial charge on any atom is 0.343 e.